The van der Waals surface area contributed by atoms with Crippen molar-refractivity contribution in [1.82, 2.24) is 9.78 Å². The van der Waals surface area contributed by atoms with Gasteiger partial charge in [-0.05, 0) is 36.4 Å². The number of halogens is 4. The first-order valence-corrected chi connectivity index (χ1v) is 8.37. The predicted octanol–water partition coefficient (Wildman–Crippen LogP) is 4.44. The van der Waals surface area contributed by atoms with Gasteiger partial charge in [-0.25, -0.2) is 9.48 Å². The summed E-state index contributed by atoms with van der Waals surface area (Å²) in [5.74, 6) is -1.00. The molecule has 0 fully saturated rings. The fraction of sp³-hybridized carbons (Fsp3) is 0.0556. The summed E-state index contributed by atoms with van der Waals surface area (Å²) in [6.45, 7) is 0. The van der Waals surface area contributed by atoms with Crippen LogP contribution in [0.1, 0.15) is 11.3 Å². The lowest BCUT2D eigenvalue weighted by Gasteiger charge is -2.13. The van der Waals surface area contributed by atoms with E-state index >= 15 is 0 Å². The molecule has 1 aromatic heterocycles. The van der Waals surface area contributed by atoms with Crippen LogP contribution in [0.3, 0.4) is 0 Å². The molecule has 0 radical (unpaired) electrons. The van der Waals surface area contributed by atoms with Crippen molar-refractivity contribution in [3.63, 3.8) is 0 Å². The quantitative estimate of drug-likeness (QED) is 0.426. The fourth-order valence-corrected chi connectivity index (χ4v) is 2.58. The molecule has 2 aromatic carbocycles. The van der Waals surface area contributed by atoms with Crippen molar-refractivity contribution in [2.75, 3.05) is 5.32 Å². The molecule has 0 bridgehead atoms. The van der Waals surface area contributed by atoms with Gasteiger partial charge in [0.1, 0.15) is 5.84 Å². The summed E-state index contributed by atoms with van der Waals surface area (Å²) in [4.78, 5) is 12.1. The highest BCUT2D eigenvalue weighted by atomic mass is 35.5. The Morgan fingerprint density at radius 3 is 2.52 bits per heavy atom. The lowest BCUT2D eigenvalue weighted by atomic mass is 10.2. The van der Waals surface area contributed by atoms with E-state index in [0.29, 0.717) is 15.3 Å². The van der Waals surface area contributed by atoms with E-state index < -0.39 is 23.7 Å². The number of carbonyl (C=O) groups is 1. The van der Waals surface area contributed by atoms with Gasteiger partial charge in [-0.3, -0.25) is 10.7 Å². The van der Waals surface area contributed by atoms with Crippen molar-refractivity contribution >= 4 is 29.2 Å². The maximum absolute atomic E-state index is 13.6. The van der Waals surface area contributed by atoms with Crippen LogP contribution in [-0.4, -0.2) is 21.7 Å². The molecule has 1 heterocycles. The third-order valence-corrected chi connectivity index (χ3v) is 3.95. The molecule has 4 N–H and O–H groups in total. The van der Waals surface area contributed by atoms with Gasteiger partial charge in [-0.15, -0.1) is 0 Å². The molecular weight excluding hydrogens is 411 g/mol. The second-order valence-electron chi connectivity index (χ2n) is 5.75. The number of carbonyl (C=O) groups excluding carboxylic acids is 1. The second-order valence-corrected chi connectivity index (χ2v) is 6.19. The fourth-order valence-electron chi connectivity index (χ4n) is 2.45. The number of nitrogens with one attached hydrogen (secondary N) is 2. The molecule has 0 atom stereocenters. The Bertz CT molecular complexity index is 1060. The highest BCUT2D eigenvalue weighted by molar-refractivity contribution is 6.30. The molecule has 0 aliphatic heterocycles. The van der Waals surface area contributed by atoms with Crippen molar-refractivity contribution < 1.29 is 22.7 Å². The minimum absolute atomic E-state index is 0.0890. The molecule has 29 heavy (non-hydrogen) atoms. The van der Waals surface area contributed by atoms with E-state index in [9.17, 15) is 18.0 Å². The molecule has 1 amide bonds. The first kappa shape index (κ1) is 20.2. The lowest BCUT2D eigenvalue weighted by Crippen LogP contribution is -2.20. The maximum Gasteiger partial charge on any atom is 0.437 e. The van der Waals surface area contributed by atoms with Crippen LogP contribution < -0.4 is 15.8 Å². The second kappa shape index (κ2) is 7.84. The molecule has 0 unspecified atom stereocenters. The zero-order valence-electron chi connectivity index (χ0n) is 14.5. The number of nitrogens with zero attached hydrogens (tertiary/aromatic N) is 2. The summed E-state index contributed by atoms with van der Waals surface area (Å²) < 4.78 is 46.2. The molecule has 7 nitrogen and oxygen atoms in total. The van der Waals surface area contributed by atoms with Gasteiger partial charge < -0.3 is 10.5 Å². The van der Waals surface area contributed by atoms with E-state index in [1.54, 1.807) is 0 Å². The average Bonchev–Trinajstić information content (AvgIpc) is 3.06. The molecule has 150 valence electrons. The number of hydrogen-bond donors (Lipinski definition) is 3. The van der Waals surface area contributed by atoms with Crippen molar-refractivity contribution in [1.29, 1.82) is 5.41 Å². The smallest absolute Gasteiger partial charge is 0.406 e. The van der Waals surface area contributed by atoms with E-state index in [0.717, 1.165) is 6.20 Å². The molecule has 3 aromatic rings. The molecule has 0 saturated heterocycles. The summed E-state index contributed by atoms with van der Waals surface area (Å²) in [7, 11) is 0. The highest BCUT2D eigenvalue weighted by Crippen LogP contribution is 2.37. The Hall–Kier alpha value is -3.53. The Kier molecular flexibility index (Phi) is 5.46. The Morgan fingerprint density at radius 1 is 1.21 bits per heavy atom. The topological polar surface area (TPSA) is 106 Å². The number of amidine groups is 1. The van der Waals surface area contributed by atoms with Crippen LogP contribution in [0.4, 0.5) is 23.7 Å². The van der Waals surface area contributed by atoms with Crippen LogP contribution in [0.2, 0.25) is 5.02 Å². The van der Waals surface area contributed by atoms with Crippen molar-refractivity contribution in [2.45, 2.75) is 6.18 Å². The number of hydrogen-bond acceptors (Lipinski definition) is 4. The monoisotopic (exact) mass is 423 g/mol. The number of benzene rings is 2. The van der Waals surface area contributed by atoms with Crippen LogP contribution in [0.25, 0.3) is 5.69 Å². The van der Waals surface area contributed by atoms with E-state index in [2.05, 4.69) is 10.4 Å². The van der Waals surface area contributed by atoms with Crippen LogP contribution in [0.5, 0.6) is 5.75 Å². The number of ether oxygens (including phenoxy) is 1. The minimum Gasteiger partial charge on any atom is -0.406 e. The minimum atomic E-state index is -4.85. The van der Waals surface area contributed by atoms with E-state index in [-0.39, 0.29) is 17.2 Å². The third kappa shape index (κ3) is 4.66. The summed E-state index contributed by atoms with van der Waals surface area (Å²) in [6, 6.07) is 11.4. The van der Waals surface area contributed by atoms with Crippen molar-refractivity contribution in [3.05, 3.63) is 71.0 Å². The zero-order chi connectivity index (χ0) is 21.2. The first-order chi connectivity index (χ1) is 13.6. The number of rotatable bonds is 4. The van der Waals surface area contributed by atoms with Gasteiger partial charge in [0.15, 0.2) is 11.4 Å². The highest BCUT2D eigenvalue weighted by Gasteiger charge is 2.40. The zero-order valence-corrected chi connectivity index (χ0v) is 15.3. The number of anilines is 1. The van der Waals surface area contributed by atoms with Crippen LogP contribution in [0.15, 0.2) is 54.7 Å². The Labute approximate surface area is 167 Å². The van der Waals surface area contributed by atoms with E-state index in [4.69, 9.17) is 27.5 Å². The van der Waals surface area contributed by atoms with Crippen LogP contribution in [0, 0.1) is 5.41 Å². The van der Waals surface area contributed by atoms with Crippen molar-refractivity contribution in [3.8, 4) is 11.4 Å². The number of alkyl halides is 3. The van der Waals surface area contributed by atoms with Gasteiger partial charge in [0.05, 0.1) is 11.9 Å². The summed E-state index contributed by atoms with van der Waals surface area (Å²) in [5, 5.41) is 13.7. The molecule has 0 spiro atoms. The van der Waals surface area contributed by atoms with Gasteiger partial charge in [0.25, 0.3) is 0 Å². The predicted molar refractivity (Wildman–Crippen MR) is 101 cm³/mol. The van der Waals surface area contributed by atoms with Crippen LogP contribution in [-0.2, 0) is 6.18 Å². The molecular formula is C18H13ClF3N5O2. The SMILES string of the molecule is N=C(N)c1cccc(NC(=O)Oc2cnn(-c3ccc(Cl)cc3)c2C(F)(F)F)c1. The third-order valence-electron chi connectivity index (χ3n) is 3.70. The average molecular weight is 424 g/mol. The van der Waals surface area contributed by atoms with E-state index in [1.807, 2.05) is 0 Å². The van der Waals surface area contributed by atoms with Gasteiger partial charge >= 0.3 is 12.3 Å². The summed E-state index contributed by atoms with van der Waals surface area (Å²) in [6.07, 6.45) is -5.21. The number of amides is 1. The van der Waals surface area contributed by atoms with E-state index in [1.165, 1.54) is 48.5 Å². The molecule has 11 heteroatoms. The molecule has 0 aliphatic rings. The Balaban J connectivity index is 1.87. The summed E-state index contributed by atoms with van der Waals surface area (Å²) >= 11 is 5.76. The first-order valence-electron chi connectivity index (χ1n) is 7.99. The summed E-state index contributed by atoms with van der Waals surface area (Å²) in [5.41, 5.74) is 4.72. The van der Waals surface area contributed by atoms with Crippen molar-refractivity contribution in [2.24, 2.45) is 5.73 Å². The largest absolute Gasteiger partial charge is 0.437 e. The van der Waals surface area contributed by atoms with Gasteiger partial charge in [0.2, 0.25) is 0 Å². The number of aromatic nitrogens is 2. The number of nitrogen functional groups attached to an aromatic ring is 1. The van der Waals surface area contributed by atoms with Crippen LogP contribution >= 0.6 is 11.6 Å². The molecule has 0 aliphatic carbocycles. The standard InChI is InChI=1S/C18H13ClF3N5O2/c19-11-4-6-13(7-5-11)27-15(18(20,21)22)14(9-25-27)29-17(28)26-12-3-1-2-10(8-12)16(23)24/h1-9H,(H3,23,24)(H,26,28). The van der Waals surface area contributed by atoms with Gasteiger partial charge in [0, 0.05) is 16.3 Å². The van der Waals surface area contributed by atoms with Gasteiger partial charge in [-0.1, -0.05) is 23.7 Å². The Morgan fingerprint density at radius 2 is 1.90 bits per heavy atom. The normalized spacial score (nSPS) is 11.2. The molecule has 0 saturated carbocycles. The maximum atomic E-state index is 13.6. The number of nitrogens with two attached hydrogens (primary N) is 1. The lowest BCUT2D eigenvalue weighted by molar-refractivity contribution is -0.143. The van der Waals surface area contributed by atoms with Gasteiger partial charge in [-0.2, -0.15) is 18.3 Å². The molecule has 3 rings (SSSR count).